The molecule has 0 saturated heterocycles. The molecule has 1 aromatic heterocycles. The topological polar surface area (TPSA) is 104 Å². The summed E-state index contributed by atoms with van der Waals surface area (Å²) in [5.74, 6) is -0.581. The molecule has 7 nitrogen and oxygen atoms in total. The van der Waals surface area contributed by atoms with E-state index in [2.05, 4.69) is 5.10 Å². The molecule has 0 unspecified atom stereocenters. The predicted molar refractivity (Wildman–Crippen MR) is 47.5 cm³/mol. The molecule has 0 spiro atoms. The van der Waals surface area contributed by atoms with Crippen molar-refractivity contribution < 1.29 is 9.72 Å². The lowest BCUT2D eigenvalue weighted by Gasteiger charge is -2.05. The van der Waals surface area contributed by atoms with Gasteiger partial charge >= 0.3 is 5.69 Å². The van der Waals surface area contributed by atoms with Crippen molar-refractivity contribution in [3.63, 3.8) is 0 Å². The number of aryl methyl sites for hydroxylation is 1. The molecule has 1 aromatic rings. The largest absolute Gasteiger partial charge is 0.368 e. The minimum absolute atomic E-state index is 0.113. The Bertz CT molecular complexity index is 384. The third-order valence-electron chi connectivity index (χ3n) is 1.90. The molecule has 0 bridgehead atoms. The van der Waals surface area contributed by atoms with Gasteiger partial charge in [0.25, 0.3) is 0 Å². The van der Waals surface area contributed by atoms with Crippen LogP contribution in [0.5, 0.6) is 0 Å². The zero-order valence-corrected chi connectivity index (χ0v) is 7.80. The van der Waals surface area contributed by atoms with Gasteiger partial charge in [-0.1, -0.05) is 0 Å². The Balaban J connectivity index is 3.08. The molecule has 0 aromatic carbocycles. The number of rotatable bonds is 3. The second-order valence-electron chi connectivity index (χ2n) is 2.92. The monoisotopic (exact) mass is 198 g/mol. The summed E-state index contributed by atoms with van der Waals surface area (Å²) < 4.78 is 1.19. The summed E-state index contributed by atoms with van der Waals surface area (Å²) in [6, 6.07) is -0.678. The Kier molecular flexibility index (Phi) is 2.50. The van der Waals surface area contributed by atoms with E-state index in [0.29, 0.717) is 0 Å². The van der Waals surface area contributed by atoms with Crippen molar-refractivity contribution in [2.24, 2.45) is 5.73 Å². The van der Waals surface area contributed by atoms with Crippen molar-refractivity contribution in [2.45, 2.75) is 19.9 Å². The summed E-state index contributed by atoms with van der Waals surface area (Å²) in [7, 11) is 0. The van der Waals surface area contributed by atoms with Crippen molar-refractivity contribution in [3.05, 3.63) is 22.0 Å². The Morgan fingerprint density at radius 3 is 2.71 bits per heavy atom. The SMILES string of the molecule is Cc1nn([C@H](C)C(N)=O)cc1[N+](=O)[O-]. The Morgan fingerprint density at radius 2 is 2.36 bits per heavy atom. The highest BCUT2D eigenvalue weighted by Gasteiger charge is 2.20. The molecular weight excluding hydrogens is 188 g/mol. The number of amides is 1. The highest BCUT2D eigenvalue weighted by atomic mass is 16.6. The minimum Gasteiger partial charge on any atom is -0.368 e. The minimum atomic E-state index is -0.678. The first-order chi connectivity index (χ1) is 6.43. The normalized spacial score (nSPS) is 12.4. The molecule has 2 N–H and O–H groups in total. The van der Waals surface area contributed by atoms with E-state index in [-0.39, 0.29) is 11.4 Å². The van der Waals surface area contributed by atoms with Crippen LogP contribution in [0.25, 0.3) is 0 Å². The molecule has 1 atom stereocenters. The van der Waals surface area contributed by atoms with Crippen molar-refractivity contribution in [1.29, 1.82) is 0 Å². The fraction of sp³-hybridized carbons (Fsp3) is 0.429. The number of nitro groups is 1. The maximum absolute atomic E-state index is 10.8. The Hall–Kier alpha value is -1.92. The molecular formula is C7H10N4O3. The molecule has 1 rings (SSSR count). The van der Waals surface area contributed by atoms with E-state index in [1.165, 1.54) is 24.7 Å². The van der Waals surface area contributed by atoms with E-state index in [1.54, 1.807) is 0 Å². The number of carbonyl (C=O) groups excluding carboxylic acids is 1. The Labute approximate surface area is 79.7 Å². The van der Waals surface area contributed by atoms with Gasteiger partial charge in [-0.15, -0.1) is 0 Å². The fourth-order valence-electron chi connectivity index (χ4n) is 0.980. The van der Waals surface area contributed by atoms with Gasteiger partial charge in [-0.3, -0.25) is 19.6 Å². The summed E-state index contributed by atoms with van der Waals surface area (Å²) >= 11 is 0. The van der Waals surface area contributed by atoms with Crippen LogP contribution in [-0.4, -0.2) is 20.6 Å². The number of hydrogen-bond donors (Lipinski definition) is 1. The zero-order chi connectivity index (χ0) is 10.9. The van der Waals surface area contributed by atoms with E-state index < -0.39 is 16.9 Å². The van der Waals surface area contributed by atoms with Crippen molar-refractivity contribution in [3.8, 4) is 0 Å². The molecule has 1 heterocycles. The van der Waals surface area contributed by atoms with E-state index >= 15 is 0 Å². The van der Waals surface area contributed by atoms with Gasteiger partial charge in [0.15, 0.2) is 0 Å². The molecule has 0 radical (unpaired) electrons. The van der Waals surface area contributed by atoms with E-state index in [0.717, 1.165) is 0 Å². The molecule has 76 valence electrons. The lowest BCUT2D eigenvalue weighted by molar-refractivity contribution is -0.385. The predicted octanol–water partition coefficient (Wildman–Crippen LogP) is 0.146. The fourth-order valence-corrected chi connectivity index (χ4v) is 0.980. The number of carbonyl (C=O) groups is 1. The summed E-state index contributed by atoms with van der Waals surface area (Å²) in [5, 5.41) is 14.3. The number of aromatic nitrogens is 2. The maximum Gasteiger partial charge on any atom is 0.309 e. The van der Waals surface area contributed by atoms with Gasteiger partial charge in [-0.05, 0) is 13.8 Å². The van der Waals surface area contributed by atoms with Gasteiger partial charge in [-0.2, -0.15) is 5.10 Å². The van der Waals surface area contributed by atoms with Gasteiger partial charge in [0.05, 0.1) is 4.92 Å². The van der Waals surface area contributed by atoms with Gasteiger partial charge in [0.1, 0.15) is 17.9 Å². The molecule has 7 heteroatoms. The number of nitrogens with zero attached hydrogens (tertiary/aromatic N) is 3. The molecule has 0 aliphatic carbocycles. The van der Waals surface area contributed by atoms with Crippen LogP contribution >= 0.6 is 0 Å². The summed E-state index contributed by atoms with van der Waals surface area (Å²) in [6.45, 7) is 3.03. The van der Waals surface area contributed by atoms with Crippen LogP contribution in [0.15, 0.2) is 6.20 Å². The van der Waals surface area contributed by atoms with Crippen molar-refractivity contribution in [1.82, 2.24) is 9.78 Å². The summed E-state index contributed by atoms with van der Waals surface area (Å²) in [6.07, 6.45) is 1.20. The Morgan fingerprint density at radius 1 is 1.79 bits per heavy atom. The van der Waals surface area contributed by atoms with Crippen LogP contribution < -0.4 is 5.73 Å². The van der Waals surface area contributed by atoms with Gasteiger partial charge in [-0.25, -0.2) is 0 Å². The number of hydrogen-bond acceptors (Lipinski definition) is 4. The maximum atomic E-state index is 10.8. The smallest absolute Gasteiger partial charge is 0.309 e. The van der Waals surface area contributed by atoms with E-state index in [4.69, 9.17) is 5.73 Å². The molecule has 14 heavy (non-hydrogen) atoms. The van der Waals surface area contributed by atoms with E-state index in [9.17, 15) is 14.9 Å². The average molecular weight is 198 g/mol. The van der Waals surface area contributed by atoms with Gasteiger partial charge in [0, 0.05) is 0 Å². The number of primary amides is 1. The molecule has 0 saturated carbocycles. The first kappa shape index (κ1) is 10.2. The highest BCUT2D eigenvalue weighted by Crippen LogP contribution is 2.17. The van der Waals surface area contributed by atoms with E-state index in [1.807, 2.05) is 0 Å². The standard InChI is InChI=1S/C7H10N4O3/c1-4-6(11(13)14)3-10(9-4)5(2)7(8)12/h3,5H,1-2H3,(H2,8,12)/t5-/m1/s1. The third kappa shape index (κ3) is 1.70. The van der Waals surface area contributed by atoms with Gasteiger partial charge in [0.2, 0.25) is 5.91 Å². The van der Waals surface area contributed by atoms with Crippen molar-refractivity contribution in [2.75, 3.05) is 0 Å². The second kappa shape index (κ2) is 3.44. The van der Waals surface area contributed by atoms with Crippen LogP contribution in [0.3, 0.4) is 0 Å². The van der Waals surface area contributed by atoms with Gasteiger partial charge < -0.3 is 5.73 Å². The van der Waals surface area contributed by atoms with Crippen LogP contribution in [0.4, 0.5) is 5.69 Å². The summed E-state index contributed by atoms with van der Waals surface area (Å²) in [4.78, 5) is 20.7. The quantitative estimate of drug-likeness (QED) is 0.551. The zero-order valence-electron chi connectivity index (χ0n) is 7.80. The van der Waals surface area contributed by atoms with Crippen LogP contribution in [0.1, 0.15) is 18.7 Å². The number of nitrogens with two attached hydrogens (primary N) is 1. The molecule has 0 fully saturated rings. The van der Waals surface area contributed by atoms with Crippen LogP contribution in [0.2, 0.25) is 0 Å². The van der Waals surface area contributed by atoms with Crippen molar-refractivity contribution >= 4 is 11.6 Å². The molecule has 0 aliphatic rings. The first-order valence-corrected chi connectivity index (χ1v) is 3.93. The average Bonchev–Trinajstić information content (AvgIpc) is 2.45. The van der Waals surface area contributed by atoms with Crippen LogP contribution in [0, 0.1) is 17.0 Å². The lowest BCUT2D eigenvalue weighted by atomic mass is 10.3. The third-order valence-corrected chi connectivity index (χ3v) is 1.90. The first-order valence-electron chi connectivity index (χ1n) is 3.93. The molecule has 1 amide bonds. The summed E-state index contributed by atoms with van der Waals surface area (Å²) in [5.41, 5.74) is 5.19. The highest BCUT2D eigenvalue weighted by molar-refractivity contribution is 5.77. The molecule has 0 aliphatic heterocycles. The van der Waals surface area contributed by atoms with Crippen LogP contribution in [-0.2, 0) is 4.79 Å². The second-order valence-corrected chi connectivity index (χ2v) is 2.92. The lowest BCUT2D eigenvalue weighted by Crippen LogP contribution is -2.24.